The van der Waals surface area contributed by atoms with Crippen LogP contribution in [0.4, 0.5) is 14.5 Å². The normalized spacial score (nSPS) is 14.0. The minimum atomic E-state index is -1.10. The molecule has 5 rings (SSSR count). The Balaban J connectivity index is 1.19. The van der Waals surface area contributed by atoms with E-state index >= 15 is 0 Å². The van der Waals surface area contributed by atoms with Crippen LogP contribution in [-0.4, -0.2) is 34.8 Å². The molecule has 3 aromatic carbocycles. The van der Waals surface area contributed by atoms with Gasteiger partial charge in [-0.25, -0.2) is 13.8 Å². The van der Waals surface area contributed by atoms with Gasteiger partial charge in [0, 0.05) is 29.9 Å². The third-order valence-corrected chi connectivity index (χ3v) is 7.30. The largest absolute Gasteiger partial charge is 0.444 e. The highest BCUT2D eigenvalue weighted by Gasteiger charge is 2.25. The van der Waals surface area contributed by atoms with E-state index in [2.05, 4.69) is 26.2 Å². The third-order valence-electron chi connectivity index (χ3n) is 6.53. The maximum atomic E-state index is 13.8. The zero-order chi connectivity index (χ0) is 25.9. The van der Waals surface area contributed by atoms with Crippen LogP contribution < -0.4 is 5.32 Å². The SMILES string of the molecule is O=C(Nc1ccc(C2CCN(C(=O)c3cccc(-c4cnco4)c3)CC2)cc1)c1ccc(F)c(F)c1Br. The Morgan fingerprint density at radius 3 is 2.49 bits per heavy atom. The molecule has 0 aliphatic carbocycles. The molecule has 6 nitrogen and oxygen atoms in total. The number of amides is 2. The Kier molecular flexibility index (Phi) is 7.14. The maximum Gasteiger partial charge on any atom is 0.256 e. The van der Waals surface area contributed by atoms with Crippen LogP contribution in [-0.2, 0) is 0 Å². The maximum absolute atomic E-state index is 13.8. The second-order valence-corrected chi connectivity index (χ2v) is 9.61. The average Bonchev–Trinajstić information content (AvgIpc) is 3.47. The van der Waals surface area contributed by atoms with E-state index in [4.69, 9.17) is 4.42 Å². The number of hydrogen-bond donors (Lipinski definition) is 1. The molecule has 0 radical (unpaired) electrons. The van der Waals surface area contributed by atoms with E-state index in [0.717, 1.165) is 30.0 Å². The molecular weight excluding hydrogens is 544 g/mol. The Morgan fingerprint density at radius 2 is 1.78 bits per heavy atom. The lowest BCUT2D eigenvalue weighted by Gasteiger charge is -2.32. The molecule has 37 heavy (non-hydrogen) atoms. The molecule has 4 aromatic rings. The van der Waals surface area contributed by atoms with Gasteiger partial charge in [0.15, 0.2) is 23.8 Å². The van der Waals surface area contributed by atoms with Gasteiger partial charge in [0.1, 0.15) is 0 Å². The fraction of sp³-hybridized carbons (Fsp3) is 0.179. The molecule has 0 saturated carbocycles. The van der Waals surface area contributed by atoms with Crippen molar-refractivity contribution in [2.75, 3.05) is 18.4 Å². The van der Waals surface area contributed by atoms with E-state index in [0.29, 0.717) is 30.1 Å². The highest BCUT2D eigenvalue weighted by molar-refractivity contribution is 9.10. The summed E-state index contributed by atoms with van der Waals surface area (Å²) >= 11 is 2.94. The molecule has 2 amide bonds. The van der Waals surface area contributed by atoms with E-state index in [1.165, 1.54) is 12.5 Å². The molecule has 0 atom stereocenters. The van der Waals surface area contributed by atoms with Crippen LogP contribution in [0.1, 0.15) is 45.0 Å². The van der Waals surface area contributed by atoms with Crippen LogP contribution in [0.3, 0.4) is 0 Å². The van der Waals surface area contributed by atoms with Gasteiger partial charge < -0.3 is 14.6 Å². The fourth-order valence-electron chi connectivity index (χ4n) is 4.50. The summed E-state index contributed by atoms with van der Waals surface area (Å²) in [5.74, 6) is -1.78. The standard InChI is InChI=1S/C28H22BrF2N3O3/c29-25-22(8-9-23(30)26(25)31)27(35)33-21-6-4-17(5-7-21)18-10-12-34(13-11-18)28(36)20-3-1-2-19(14-20)24-15-32-16-37-24/h1-9,14-16,18H,10-13H2,(H,33,35). The van der Waals surface area contributed by atoms with Crippen molar-refractivity contribution in [2.45, 2.75) is 18.8 Å². The lowest BCUT2D eigenvalue weighted by molar-refractivity contribution is 0.0713. The minimum Gasteiger partial charge on any atom is -0.444 e. The Bertz CT molecular complexity index is 1430. The van der Waals surface area contributed by atoms with E-state index in [-0.39, 0.29) is 21.9 Å². The van der Waals surface area contributed by atoms with Crippen molar-refractivity contribution in [3.63, 3.8) is 0 Å². The van der Waals surface area contributed by atoms with Gasteiger partial charge in [-0.15, -0.1) is 0 Å². The van der Waals surface area contributed by atoms with Gasteiger partial charge in [-0.3, -0.25) is 9.59 Å². The lowest BCUT2D eigenvalue weighted by atomic mass is 9.89. The molecule has 1 fully saturated rings. The highest BCUT2D eigenvalue weighted by Crippen LogP contribution is 2.30. The molecule has 1 aliphatic rings. The number of benzene rings is 3. The summed E-state index contributed by atoms with van der Waals surface area (Å²) in [6.07, 6.45) is 4.62. The Hall–Kier alpha value is -3.85. The number of carbonyl (C=O) groups is 2. The van der Waals surface area contributed by atoms with Crippen molar-refractivity contribution in [1.29, 1.82) is 0 Å². The van der Waals surface area contributed by atoms with Gasteiger partial charge in [0.05, 0.1) is 16.2 Å². The first-order chi connectivity index (χ1) is 17.9. The van der Waals surface area contributed by atoms with Crippen molar-refractivity contribution in [1.82, 2.24) is 9.88 Å². The molecule has 1 N–H and O–H groups in total. The van der Waals surface area contributed by atoms with Gasteiger partial charge in [-0.1, -0.05) is 24.3 Å². The minimum absolute atomic E-state index is 0.00591. The van der Waals surface area contributed by atoms with Gasteiger partial charge >= 0.3 is 0 Å². The van der Waals surface area contributed by atoms with Crippen LogP contribution in [0.15, 0.2) is 82.1 Å². The number of anilines is 1. The molecule has 2 heterocycles. The number of oxazole rings is 1. The molecule has 1 saturated heterocycles. The van der Waals surface area contributed by atoms with Crippen LogP contribution in [0.25, 0.3) is 11.3 Å². The number of rotatable bonds is 5. The summed E-state index contributed by atoms with van der Waals surface area (Å²) in [6.45, 7) is 1.28. The highest BCUT2D eigenvalue weighted by atomic mass is 79.9. The number of nitrogens with one attached hydrogen (secondary N) is 1. The number of halogens is 3. The first-order valence-electron chi connectivity index (χ1n) is 11.7. The summed E-state index contributed by atoms with van der Waals surface area (Å²) in [6, 6.07) is 16.9. The van der Waals surface area contributed by atoms with Crippen molar-refractivity contribution in [2.24, 2.45) is 0 Å². The average molecular weight is 566 g/mol. The topological polar surface area (TPSA) is 75.4 Å². The third kappa shape index (κ3) is 5.32. The van der Waals surface area contributed by atoms with Gasteiger partial charge in [0.25, 0.3) is 11.8 Å². The van der Waals surface area contributed by atoms with Gasteiger partial charge in [-0.05, 0) is 76.7 Å². The molecule has 188 valence electrons. The van der Waals surface area contributed by atoms with Gasteiger partial charge in [0.2, 0.25) is 0 Å². The van der Waals surface area contributed by atoms with E-state index in [1.54, 1.807) is 24.4 Å². The predicted molar refractivity (Wildman–Crippen MR) is 138 cm³/mol. The molecule has 0 spiro atoms. The summed E-state index contributed by atoms with van der Waals surface area (Å²) < 4.78 is 32.2. The summed E-state index contributed by atoms with van der Waals surface area (Å²) in [4.78, 5) is 31.4. The number of aromatic nitrogens is 1. The number of piperidine rings is 1. The summed E-state index contributed by atoms with van der Waals surface area (Å²) in [5.41, 5.74) is 3.09. The molecule has 0 bridgehead atoms. The molecule has 1 aliphatic heterocycles. The number of likely N-dealkylation sites (tertiary alicyclic amines) is 1. The van der Waals surface area contributed by atoms with Gasteiger partial charge in [-0.2, -0.15) is 0 Å². The van der Waals surface area contributed by atoms with E-state index in [1.807, 2.05) is 35.2 Å². The molecular formula is C28H22BrF2N3O3. The van der Waals surface area contributed by atoms with Crippen molar-refractivity contribution >= 4 is 33.4 Å². The quantitative estimate of drug-likeness (QED) is 0.275. The van der Waals surface area contributed by atoms with Crippen LogP contribution in [0.5, 0.6) is 0 Å². The monoisotopic (exact) mass is 565 g/mol. The van der Waals surface area contributed by atoms with E-state index < -0.39 is 17.5 Å². The second-order valence-electron chi connectivity index (χ2n) is 8.81. The fourth-order valence-corrected chi connectivity index (χ4v) is 5.00. The smallest absolute Gasteiger partial charge is 0.256 e. The summed E-state index contributed by atoms with van der Waals surface area (Å²) in [5, 5.41) is 2.71. The number of hydrogen-bond acceptors (Lipinski definition) is 4. The second kappa shape index (κ2) is 10.6. The first-order valence-corrected chi connectivity index (χ1v) is 12.5. The first kappa shape index (κ1) is 24.8. The van der Waals surface area contributed by atoms with Crippen LogP contribution in [0.2, 0.25) is 0 Å². The molecule has 0 unspecified atom stereocenters. The Labute approximate surface area is 220 Å². The number of nitrogens with zero attached hydrogens (tertiary/aromatic N) is 2. The van der Waals surface area contributed by atoms with Crippen LogP contribution in [0, 0.1) is 11.6 Å². The van der Waals surface area contributed by atoms with Crippen molar-refractivity contribution in [3.8, 4) is 11.3 Å². The van der Waals surface area contributed by atoms with Crippen LogP contribution >= 0.6 is 15.9 Å². The summed E-state index contributed by atoms with van der Waals surface area (Å²) in [7, 11) is 0. The zero-order valence-electron chi connectivity index (χ0n) is 19.6. The predicted octanol–water partition coefficient (Wildman–Crippen LogP) is 6.65. The lowest BCUT2D eigenvalue weighted by Crippen LogP contribution is -2.37. The van der Waals surface area contributed by atoms with Crippen molar-refractivity contribution in [3.05, 3.63) is 106 Å². The van der Waals surface area contributed by atoms with E-state index in [9.17, 15) is 18.4 Å². The number of carbonyl (C=O) groups excluding carboxylic acids is 2. The zero-order valence-corrected chi connectivity index (χ0v) is 21.2. The van der Waals surface area contributed by atoms with Crippen molar-refractivity contribution < 1.29 is 22.8 Å². The molecule has 9 heteroatoms. The Morgan fingerprint density at radius 1 is 1.03 bits per heavy atom. The molecule has 1 aromatic heterocycles.